The van der Waals surface area contributed by atoms with Crippen LogP contribution in [0.3, 0.4) is 0 Å². The van der Waals surface area contributed by atoms with Gasteiger partial charge in [0, 0.05) is 13.2 Å². The number of ether oxygens (including phenoxy) is 1. The van der Waals surface area contributed by atoms with E-state index in [4.69, 9.17) is 4.74 Å². The van der Waals surface area contributed by atoms with Gasteiger partial charge in [0.05, 0.1) is 25.0 Å². The van der Waals surface area contributed by atoms with E-state index in [9.17, 15) is 10.2 Å². The molecule has 0 aromatic rings. The molecule has 4 saturated carbocycles. The molecule has 0 aromatic carbocycles. The molecule has 7 nitrogen and oxygen atoms in total. The van der Waals surface area contributed by atoms with Crippen LogP contribution in [0.15, 0.2) is 0 Å². The van der Waals surface area contributed by atoms with Crippen LogP contribution in [-0.4, -0.2) is 53.4 Å². The van der Waals surface area contributed by atoms with Crippen molar-refractivity contribution < 1.29 is 14.9 Å². The fraction of sp³-hybridized carbons (Fsp3) is 1.00. The van der Waals surface area contributed by atoms with Crippen molar-refractivity contribution in [3.63, 3.8) is 0 Å². The van der Waals surface area contributed by atoms with Crippen LogP contribution in [0.1, 0.15) is 71.6 Å². The van der Waals surface area contributed by atoms with Crippen molar-refractivity contribution in [2.75, 3.05) is 26.4 Å². The van der Waals surface area contributed by atoms with Crippen LogP contribution in [-0.2, 0) is 4.74 Å². The lowest BCUT2D eigenvalue weighted by molar-refractivity contribution is -0.132. The first-order valence-corrected chi connectivity index (χ1v) is 12.9. The molecule has 5 fully saturated rings. The molecule has 1 heterocycles. The zero-order valence-electron chi connectivity index (χ0n) is 19.5. The van der Waals surface area contributed by atoms with Gasteiger partial charge in [0.15, 0.2) is 0 Å². The third kappa shape index (κ3) is 4.09. The monoisotopic (exact) mass is 436 g/mol. The molecular formula is C24H44N4O3. The van der Waals surface area contributed by atoms with Crippen molar-refractivity contribution in [2.24, 2.45) is 40.9 Å². The summed E-state index contributed by atoms with van der Waals surface area (Å²) in [6.45, 7) is 7.10. The number of nitrogens with zero attached hydrogens (tertiary/aromatic N) is 1. The summed E-state index contributed by atoms with van der Waals surface area (Å²) in [7, 11) is 0. The molecule has 4 aliphatic carbocycles. The lowest BCUT2D eigenvalue weighted by Gasteiger charge is -2.57. The first kappa shape index (κ1) is 22.5. The number of aliphatic hydroxyl groups excluding tert-OH is 1. The van der Waals surface area contributed by atoms with Crippen molar-refractivity contribution in [3.8, 4) is 0 Å². The van der Waals surface area contributed by atoms with Gasteiger partial charge in [-0.2, -0.15) is 11.1 Å². The third-order valence-corrected chi connectivity index (χ3v) is 10.2. The lowest BCUT2D eigenvalue weighted by Crippen LogP contribution is -2.53. The number of rotatable bonds is 6. The standard InChI is InChI=1S/C24H44N4O3/c1-3-31-14-24(30)11-9-17-16(12-24)4-5-19-18(17)8-10-23(2)20(19)6-7-21(23)22(29)13-28-15-25-26-27-28/h16-22,25-27,29-30H,3-15H2,1-2H3/t16-,17?,18+,19?,20-,21?,22?,23?,24+/m0/s1. The minimum absolute atomic E-state index is 0.276. The highest BCUT2D eigenvalue weighted by atomic mass is 16.5. The Morgan fingerprint density at radius 2 is 1.90 bits per heavy atom. The zero-order valence-corrected chi connectivity index (χ0v) is 19.5. The molecule has 1 aliphatic heterocycles. The summed E-state index contributed by atoms with van der Waals surface area (Å²) in [6.07, 6.45) is 10.4. The van der Waals surface area contributed by atoms with Gasteiger partial charge in [-0.25, -0.2) is 10.4 Å². The summed E-state index contributed by atoms with van der Waals surface area (Å²) in [5.41, 5.74) is 8.70. The van der Waals surface area contributed by atoms with Crippen LogP contribution >= 0.6 is 0 Å². The molecule has 0 bridgehead atoms. The van der Waals surface area contributed by atoms with Crippen LogP contribution < -0.4 is 16.5 Å². The number of hydrogen-bond acceptors (Lipinski definition) is 7. The summed E-state index contributed by atoms with van der Waals surface area (Å²) in [4.78, 5) is 0. The topological polar surface area (TPSA) is 89.0 Å². The summed E-state index contributed by atoms with van der Waals surface area (Å²) in [6, 6.07) is 0. The van der Waals surface area contributed by atoms with Crippen molar-refractivity contribution in [2.45, 2.75) is 83.3 Å². The molecule has 178 valence electrons. The number of nitrogens with one attached hydrogen (secondary N) is 3. The largest absolute Gasteiger partial charge is 0.391 e. The predicted molar refractivity (Wildman–Crippen MR) is 119 cm³/mol. The smallest absolute Gasteiger partial charge is 0.0883 e. The van der Waals surface area contributed by atoms with E-state index in [1.807, 2.05) is 11.9 Å². The molecule has 9 atom stereocenters. The Kier molecular flexibility index (Phi) is 6.40. The maximum atomic E-state index is 11.1. The van der Waals surface area contributed by atoms with Crippen LogP contribution in [0.25, 0.3) is 0 Å². The Balaban J connectivity index is 1.24. The molecule has 31 heavy (non-hydrogen) atoms. The first-order valence-electron chi connectivity index (χ1n) is 12.9. The predicted octanol–water partition coefficient (Wildman–Crippen LogP) is 2.17. The van der Waals surface area contributed by atoms with Gasteiger partial charge in [0.2, 0.25) is 0 Å². The van der Waals surface area contributed by atoms with Crippen molar-refractivity contribution in [1.82, 2.24) is 21.5 Å². The normalized spacial score (nSPS) is 48.8. The minimum atomic E-state index is -0.594. The maximum Gasteiger partial charge on any atom is 0.0883 e. The Morgan fingerprint density at radius 3 is 2.68 bits per heavy atom. The third-order valence-electron chi connectivity index (χ3n) is 10.2. The van der Waals surface area contributed by atoms with E-state index in [1.165, 1.54) is 44.9 Å². The maximum absolute atomic E-state index is 11.1. The molecule has 5 rings (SSSR count). The summed E-state index contributed by atoms with van der Waals surface area (Å²) in [5, 5.41) is 24.3. The molecule has 5 aliphatic rings. The van der Waals surface area contributed by atoms with E-state index >= 15 is 0 Å². The van der Waals surface area contributed by atoms with Gasteiger partial charge in [-0.3, -0.25) is 0 Å². The van der Waals surface area contributed by atoms with Crippen LogP contribution in [0, 0.1) is 40.9 Å². The SMILES string of the molecule is CCOC[C@@]1(O)CCC2[C@@H](CCC3[C@@H]2CCC2(C)C(C(O)CN4CNNN4)CC[C@@H]32)C1. The highest BCUT2D eigenvalue weighted by Crippen LogP contribution is 2.65. The van der Waals surface area contributed by atoms with Gasteiger partial charge in [0.25, 0.3) is 0 Å². The van der Waals surface area contributed by atoms with Gasteiger partial charge < -0.3 is 14.9 Å². The van der Waals surface area contributed by atoms with Crippen molar-refractivity contribution >= 4 is 0 Å². The molecule has 0 spiro atoms. The molecule has 0 aromatic heterocycles. The second kappa shape index (κ2) is 8.82. The number of β-amino-alcohol motifs (C(OH)–C–C–N with tert-alkyl or cyclic N) is 1. The van der Waals surface area contributed by atoms with Gasteiger partial charge >= 0.3 is 0 Å². The summed E-state index contributed by atoms with van der Waals surface area (Å²) >= 11 is 0. The van der Waals surface area contributed by atoms with Crippen LogP contribution in [0.4, 0.5) is 0 Å². The molecular weight excluding hydrogens is 392 g/mol. The van der Waals surface area contributed by atoms with Gasteiger partial charge in [-0.15, -0.1) is 0 Å². The van der Waals surface area contributed by atoms with Gasteiger partial charge in [-0.1, -0.05) is 6.92 Å². The summed E-state index contributed by atoms with van der Waals surface area (Å²) < 4.78 is 5.62. The van der Waals surface area contributed by atoms with Crippen molar-refractivity contribution in [1.29, 1.82) is 0 Å². The molecule has 1 saturated heterocycles. The fourth-order valence-corrected chi connectivity index (χ4v) is 8.81. The van der Waals surface area contributed by atoms with E-state index in [-0.39, 0.29) is 11.5 Å². The minimum Gasteiger partial charge on any atom is -0.391 e. The number of aliphatic hydroxyl groups is 2. The average Bonchev–Trinajstić information content (AvgIpc) is 3.39. The van der Waals surface area contributed by atoms with Gasteiger partial charge in [0.1, 0.15) is 0 Å². The summed E-state index contributed by atoms with van der Waals surface area (Å²) in [5.74, 6) is 4.29. The van der Waals surface area contributed by atoms with Crippen LogP contribution in [0.2, 0.25) is 0 Å². The average molecular weight is 437 g/mol. The molecule has 5 unspecified atom stereocenters. The number of hydrazine groups is 3. The van der Waals surface area contributed by atoms with E-state index in [0.717, 1.165) is 36.5 Å². The van der Waals surface area contributed by atoms with E-state index < -0.39 is 5.60 Å². The zero-order chi connectivity index (χ0) is 21.6. The van der Waals surface area contributed by atoms with E-state index in [0.29, 0.717) is 38.3 Å². The van der Waals surface area contributed by atoms with Crippen molar-refractivity contribution in [3.05, 3.63) is 0 Å². The Morgan fingerprint density at radius 1 is 1.06 bits per heavy atom. The Hall–Kier alpha value is -0.280. The molecule has 7 heteroatoms. The molecule has 0 radical (unpaired) electrons. The fourth-order valence-electron chi connectivity index (χ4n) is 8.81. The number of hydrogen-bond donors (Lipinski definition) is 5. The molecule has 0 amide bonds. The Labute approximate surface area is 187 Å². The highest BCUT2D eigenvalue weighted by Gasteiger charge is 2.58. The molecule has 5 N–H and O–H groups in total. The number of fused-ring (bicyclic) bond motifs is 5. The lowest BCUT2D eigenvalue weighted by atomic mass is 9.49. The second-order valence-electron chi connectivity index (χ2n) is 11.6. The van der Waals surface area contributed by atoms with E-state index in [1.54, 1.807) is 0 Å². The van der Waals surface area contributed by atoms with E-state index in [2.05, 4.69) is 23.4 Å². The van der Waals surface area contributed by atoms with Crippen LogP contribution in [0.5, 0.6) is 0 Å². The first-order chi connectivity index (χ1) is 14.9. The van der Waals surface area contributed by atoms with Gasteiger partial charge in [-0.05, 0) is 106 Å². The second-order valence-corrected chi connectivity index (χ2v) is 11.6. The highest BCUT2D eigenvalue weighted by molar-refractivity contribution is 5.08. The quantitative estimate of drug-likeness (QED) is 0.436. The Bertz CT molecular complexity index is 632.